The van der Waals surface area contributed by atoms with E-state index >= 15 is 0 Å². The predicted molar refractivity (Wildman–Crippen MR) is 49.5 cm³/mol. The lowest BCUT2D eigenvalue weighted by Gasteiger charge is -2.22. The van der Waals surface area contributed by atoms with Crippen LogP contribution in [0, 0.1) is 5.92 Å². The second-order valence-corrected chi connectivity index (χ2v) is 3.46. The molecule has 0 heterocycles. The van der Waals surface area contributed by atoms with Gasteiger partial charge < -0.3 is 9.47 Å². The normalized spacial score (nSPS) is 18.4. The number of ether oxygens (including phenoxy) is 2. The van der Waals surface area contributed by atoms with E-state index in [1.54, 1.807) is 0 Å². The van der Waals surface area contributed by atoms with Crippen molar-refractivity contribution in [3.05, 3.63) is 12.2 Å². The van der Waals surface area contributed by atoms with Crippen LogP contribution in [-0.2, 0) is 9.47 Å². The van der Waals surface area contributed by atoms with Gasteiger partial charge in [0.05, 0.1) is 13.7 Å². The van der Waals surface area contributed by atoms with Crippen molar-refractivity contribution >= 4 is 6.16 Å². The fourth-order valence-electron chi connectivity index (χ4n) is 1.50. The van der Waals surface area contributed by atoms with Crippen LogP contribution in [0.1, 0.15) is 25.7 Å². The Hall–Kier alpha value is -0.990. The molecule has 0 aromatic carbocycles. The van der Waals surface area contributed by atoms with Crippen LogP contribution in [0.4, 0.5) is 4.79 Å². The summed E-state index contributed by atoms with van der Waals surface area (Å²) in [4.78, 5) is 10.7. The lowest BCUT2D eigenvalue weighted by molar-refractivity contribution is 0.0562. The molecule has 1 aliphatic rings. The zero-order chi connectivity index (χ0) is 9.68. The second-order valence-electron chi connectivity index (χ2n) is 3.46. The first-order valence-corrected chi connectivity index (χ1v) is 4.59. The van der Waals surface area contributed by atoms with E-state index in [9.17, 15) is 4.79 Å². The highest BCUT2D eigenvalue weighted by Crippen LogP contribution is 2.26. The molecule has 1 aliphatic carbocycles. The molecule has 0 amide bonds. The van der Waals surface area contributed by atoms with Crippen molar-refractivity contribution in [2.75, 3.05) is 13.7 Å². The lowest BCUT2D eigenvalue weighted by Crippen LogP contribution is -2.17. The number of carbonyl (C=O) groups is 1. The monoisotopic (exact) mass is 184 g/mol. The molecule has 0 radical (unpaired) electrons. The highest BCUT2D eigenvalue weighted by Gasteiger charge is 2.17. The number of carbonyl (C=O) groups excluding carboxylic acids is 1. The minimum absolute atomic E-state index is 0.486. The molecule has 13 heavy (non-hydrogen) atoms. The van der Waals surface area contributed by atoms with Gasteiger partial charge in [-0.1, -0.05) is 12.2 Å². The molecule has 1 rings (SSSR count). The van der Waals surface area contributed by atoms with Gasteiger partial charge in [0.25, 0.3) is 0 Å². The first kappa shape index (κ1) is 10.1. The summed E-state index contributed by atoms with van der Waals surface area (Å²) in [6.07, 6.45) is 3.71. The topological polar surface area (TPSA) is 35.5 Å². The van der Waals surface area contributed by atoms with Crippen LogP contribution < -0.4 is 0 Å². The van der Waals surface area contributed by atoms with E-state index in [4.69, 9.17) is 4.74 Å². The molecule has 0 saturated heterocycles. The molecule has 0 aliphatic heterocycles. The average molecular weight is 184 g/mol. The minimum Gasteiger partial charge on any atom is -0.438 e. The molecule has 0 bridgehead atoms. The summed E-state index contributed by atoms with van der Waals surface area (Å²) in [6, 6.07) is 0. The number of allylic oxidation sites excluding steroid dienone is 1. The van der Waals surface area contributed by atoms with E-state index in [2.05, 4.69) is 11.3 Å². The number of rotatable bonds is 2. The molecular weight excluding hydrogens is 168 g/mol. The molecule has 74 valence electrons. The van der Waals surface area contributed by atoms with Crippen LogP contribution in [0.25, 0.3) is 0 Å². The Morgan fingerprint density at radius 1 is 1.54 bits per heavy atom. The largest absolute Gasteiger partial charge is 0.507 e. The van der Waals surface area contributed by atoms with Crippen LogP contribution in [0.3, 0.4) is 0 Å². The van der Waals surface area contributed by atoms with Crippen LogP contribution in [-0.4, -0.2) is 19.9 Å². The van der Waals surface area contributed by atoms with Crippen molar-refractivity contribution in [3.8, 4) is 0 Å². The highest BCUT2D eigenvalue weighted by atomic mass is 16.7. The summed E-state index contributed by atoms with van der Waals surface area (Å²) in [5, 5.41) is 0. The Morgan fingerprint density at radius 3 is 2.69 bits per heavy atom. The molecule has 0 aromatic heterocycles. The van der Waals surface area contributed by atoms with E-state index in [0.29, 0.717) is 12.5 Å². The Balaban J connectivity index is 2.15. The van der Waals surface area contributed by atoms with Gasteiger partial charge >= 0.3 is 6.16 Å². The molecule has 0 unspecified atom stereocenters. The van der Waals surface area contributed by atoms with Crippen molar-refractivity contribution in [1.29, 1.82) is 0 Å². The molecule has 0 aromatic rings. The Labute approximate surface area is 78.7 Å². The van der Waals surface area contributed by atoms with Crippen LogP contribution in [0.2, 0.25) is 0 Å². The molecular formula is C10H16O3. The van der Waals surface area contributed by atoms with Crippen molar-refractivity contribution < 1.29 is 14.3 Å². The smallest absolute Gasteiger partial charge is 0.438 e. The van der Waals surface area contributed by atoms with Gasteiger partial charge in [-0.25, -0.2) is 4.79 Å². The Kier molecular flexibility index (Phi) is 3.80. The van der Waals surface area contributed by atoms with Crippen molar-refractivity contribution in [3.63, 3.8) is 0 Å². The van der Waals surface area contributed by atoms with Crippen LogP contribution in [0.5, 0.6) is 0 Å². The molecule has 0 spiro atoms. The zero-order valence-corrected chi connectivity index (χ0v) is 8.04. The summed E-state index contributed by atoms with van der Waals surface area (Å²) in [6.45, 7) is 4.41. The SMILES string of the molecule is C=C1CCC(COC(=O)OC)CC1. The summed E-state index contributed by atoms with van der Waals surface area (Å²) in [7, 11) is 1.32. The van der Waals surface area contributed by atoms with Gasteiger partial charge in [-0.15, -0.1) is 0 Å². The number of hydrogen-bond donors (Lipinski definition) is 0. The maximum Gasteiger partial charge on any atom is 0.507 e. The third kappa shape index (κ3) is 3.49. The van der Waals surface area contributed by atoms with Gasteiger partial charge in [0.2, 0.25) is 0 Å². The zero-order valence-electron chi connectivity index (χ0n) is 8.04. The average Bonchev–Trinajstić information content (AvgIpc) is 2.16. The van der Waals surface area contributed by atoms with Crippen molar-refractivity contribution in [1.82, 2.24) is 0 Å². The Morgan fingerprint density at radius 2 is 2.15 bits per heavy atom. The van der Waals surface area contributed by atoms with Gasteiger partial charge in [-0.05, 0) is 31.6 Å². The third-order valence-corrected chi connectivity index (χ3v) is 2.42. The molecule has 1 fully saturated rings. The maximum absolute atomic E-state index is 10.7. The lowest BCUT2D eigenvalue weighted by atomic mass is 9.87. The van der Waals surface area contributed by atoms with Crippen molar-refractivity contribution in [2.45, 2.75) is 25.7 Å². The van der Waals surface area contributed by atoms with Gasteiger partial charge in [0.1, 0.15) is 0 Å². The molecule has 1 saturated carbocycles. The van der Waals surface area contributed by atoms with E-state index in [-0.39, 0.29) is 0 Å². The van der Waals surface area contributed by atoms with Gasteiger partial charge in [-0.2, -0.15) is 0 Å². The highest BCUT2D eigenvalue weighted by molar-refractivity contribution is 5.59. The van der Waals surface area contributed by atoms with Gasteiger partial charge in [-0.3, -0.25) is 0 Å². The van der Waals surface area contributed by atoms with Crippen molar-refractivity contribution in [2.24, 2.45) is 5.92 Å². The van der Waals surface area contributed by atoms with E-state index in [0.717, 1.165) is 25.7 Å². The first-order valence-electron chi connectivity index (χ1n) is 4.59. The second kappa shape index (κ2) is 4.90. The Bertz CT molecular complexity index is 188. The van der Waals surface area contributed by atoms with Gasteiger partial charge in [0.15, 0.2) is 0 Å². The summed E-state index contributed by atoms with van der Waals surface area (Å²) in [5.74, 6) is 0.490. The predicted octanol–water partition coefficient (Wildman–Crippen LogP) is 2.52. The maximum atomic E-state index is 10.7. The third-order valence-electron chi connectivity index (χ3n) is 2.42. The molecule has 3 nitrogen and oxygen atoms in total. The van der Waals surface area contributed by atoms with E-state index < -0.39 is 6.16 Å². The molecule has 0 atom stereocenters. The summed E-state index contributed by atoms with van der Waals surface area (Å²) >= 11 is 0. The molecule has 0 N–H and O–H groups in total. The van der Waals surface area contributed by atoms with Crippen LogP contribution >= 0.6 is 0 Å². The summed E-state index contributed by atoms with van der Waals surface area (Å²) in [5.41, 5.74) is 1.31. The number of hydrogen-bond acceptors (Lipinski definition) is 3. The quantitative estimate of drug-likeness (QED) is 0.488. The van der Waals surface area contributed by atoms with E-state index in [1.807, 2.05) is 0 Å². The minimum atomic E-state index is -0.579. The molecule has 3 heteroatoms. The van der Waals surface area contributed by atoms with E-state index in [1.165, 1.54) is 12.7 Å². The van der Waals surface area contributed by atoms with Crippen LogP contribution in [0.15, 0.2) is 12.2 Å². The number of methoxy groups -OCH3 is 1. The fourth-order valence-corrected chi connectivity index (χ4v) is 1.50. The standard InChI is InChI=1S/C10H16O3/c1-8-3-5-9(6-4-8)7-13-10(11)12-2/h9H,1,3-7H2,2H3. The first-order chi connectivity index (χ1) is 6.22. The summed E-state index contributed by atoms with van der Waals surface area (Å²) < 4.78 is 9.26. The van der Waals surface area contributed by atoms with Gasteiger partial charge in [0, 0.05) is 0 Å². The fraction of sp³-hybridized carbons (Fsp3) is 0.700.